The summed E-state index contributed by atoms with van der Waals surface area (Å²) in [5.74, 6) is -0.842. The molecular weight excluding hydrogens is 246 g/mol. The third-order valence-electron chi connectivity index (χ3n) is 3.21. The second-order valence-corrected chi connectivity index (χ2v) is 6.34. The Morgan fingerprint density at radius 2 is 2.18 bits per heavy atom. The summed E-state index contributed by atoms with van der Waals surface area (Å²) in [6.45, 7) is 1.25. The summed E-state index contributed by atoms with van der Waals surface area (Å²) in [6, 6.07) is -0.280. The standard InChI is InChI=1S/C10H19NO5S/c1-7(10(13)16-2)17(14,15)11-9-5-3-4-8(9)6-12/h7-9,11-12H,3-6H2,1-2H3. The van der Waals surface area contributed by atoms with Crippen molar-refractivity contribution >= 4 is 16.0 Å². The number of aliphatic hydroxyl groups excluding tert-OH is 1. The van der Waals surface area contributed by atoms with Crippen molar-refractivity contribution in [1.29, 1.82) is 0 Å². The van der Waals surface area contributed by atoms with Gasteiger partial charge in [0.1, 0.15) is 0 Å². The highest BCUT2D eigenvalue weighted by atomic mass is 32.2. The molecule has 3 atom stereocenters. The molecule has 1 rings (SSSR count). The molecule has 7 heteroatoms. The monoisotopic (exact) mass is 265 g/mol. The normalized spacial score (nSPS) is 26.8. The van der Waals surface area contributed by atoms with Gasteiger partial charge in [0.2, 0.25) is 10.0 Å². The Balaban J connectivity index is 2.69. The number of hydrogen-bond acceptors (Lipinski definition) is 5. The van der Waals surface area contributed by atoms with Gasteiger partial charge >= 0.3 is 5.97 Å². The zero-order valence-electron chi connectivity index (χ0n) is 10.0. The fourth-order valence-electron chi connectivity index (χ4n) is 2.02. The minimum Gasteiger partial charge on any atom is -0.468 e. The zero-order chi connectivity index (χ0) is 13.1. The van der Waals surface area contributed by atoms with Crippen LogP contribution >= 0.6 is 0 Å². The molecular formula is C10H19NO5S. The van der Waals surface area contributed by atoms with Crippen LogP contribution in [0.25, 0.3) is 0 Å². The highest BCUT2D eigenvalue weighted by molar-refractivity contribution is 7.90. The highest BCUT2D eigenvalue weighted by Gasteiger charge is 2.35. The molecule has 1 aliphatic carbocycles. The molecule has 0 aromatic carbocycles. The lowest BCUT2D eigenvalue weighted by Gasteiger charge is -2.20. The highest BCUT2D eigenvalue weighted by Crippen LogP contribution is 2.26. The number of hydrogen-bond donors (Lipinski definition) is 2. The lowest BCUT2D eigenvalue weighted by atomic mass is 10.1. The Kier molecular flexibility index (Phi) is 4.91. The third kappa shape index (κ3) is 3.40. The average Bonchev–Trinajstić information content (AvgIpc) is 2.73. The SMILES string of the molecule is COC(=O)C(C)S(=O)(=O)NC1CCCC1CO. The van der Waals surface area contributed by atoms with Crippen molar-refractivity contribution in [1.82, 2.24) is 4.72 Å². The first-order valence-corrected chi connectivity index (χ1v) is 7.16. The van der Waals surface area contributed by atoms with Gasteiger partial charge in [-0.1, -0.05) is 6.42 Å². The molecule has 0 bridgehead atoms. The Hall–Kier alpha value is -0.660. The molecule has 0 aliphatic heterocycles. The van der Waals surface area contributed by atoms with Crippen LogP contribution in [-0.4, -0.2) is 44.5 Å². The second-order valence-electron chi connectivity index (χ2n) is 4.31. The van der Waals surface area contributed by atoms with Crippen LogP contribution in [0.2, 0.25) is 0 Å². The maximum Gasteiger partial charge on any atom is 0.325 e. The van der Waals surface area contributed by atoms with Crippen molar-refractivity contribution in [2.45, 2.75) is 37.5 Å². The predicted molar refractivity (Wildman–Crippen MR) is 61.7 cm³/mol. The van der Waals surface area contributed by atoms with Gasteiger partial charge in [0, 0.05) is 12.6 Å². The van der Waals surface area contributed by atoms with Crippen LogP contribution in [-0.2, 0) is 19.6 Å². The Morgan fingerprint density at radius 1 is 1.53 bits per heavy atom. The minimum atomic E-state index is -3.73. The van der Waals surface area contributed by atoms with E-state index in [0.29, 0.717) is 6.42 Å². The fourth-order valence-corrected chi connectivity index (χ4v) is 3.30. The van der Waals surface area contributed by atoms with Gasteiger partial charge < -0.3 is 9.84 Å². The van der Waals surface area contributed by atoms with Crippen LogP contribution in [0.15, 0.2) is 0 Å². The van der Waals surface area contributed by atoms with Gasteiger partial charge in [-0.2, -0.15) is 0 Å². The van der Waals surface area contributed by atoms with Crippen LogP contribution < -0.4 is 4.72 Å². The van der Waals surface area contributed by atoms with E-state index in [4.69, 9.17) is 5.11 Å². The van der Waals surface area contributed by atoms with Gasteiger partial charge in [-0.05, 0) is 25.7 Å². The second kappa shape index (κ2) is 5.79. The van der Waals surface area contributed by atoms with E-state index in [-0.39, 0.29) is 18.6 Å². The Morgan fingerprint density at radius 3 is 2.71 bits per heavy atom. The van der Waals surface area contributed by atoms with E-state index in [1.165, 1.54) is 6.92 Å². The van der Waals surface area contributed by atoms with Crippen molar-refractivity contribution < 1.29 is 23.1 Å². The average molecular weight is 265 g/mol. The molecule has 1 fully saturated rings. The number of nitrogens with one attached hydrogen (secondary N) is 1. The van der Waals surface area contributed by atoms with Crippen molar-refractivity contribution in [2.75, 3.05) is 13.7 Å². The first-order valence-electron chi connectivity index (χ1n) is 5.62. The summed E-state index contributed by atoms with van der Waals surface area (Å²) in [7, 11) is -2.58. The largest absolute Gasteiger partial charge is 0.468 e. The van der Waals surface area contributed by atoms with Gasteiger partial charge in [0.25, 0.3) is 0 Å². The van der Waals surface area contributed by atoms with Crippen molar-refractivity contribution in [3.05, 3.63) is 0 Å². The van der Waals surface area contributed by atoms with Gasteiger partial charge in [0.15, 0.2) is 5.25 Å². The Labute approximate surface area is 101 Å². The van der Waals surface area contributed by atoms with Crippen LogP contribution in [0.4, 0.5) is 0 Å². The molecule has 0 aromatic heterocycles. The number of sulfonamides is 1. The summed E-state index contributed by atoms with van der Waals surface area (Å²) in [4.78, 5) is 11.2. The molecule has 17 heavy (non-hydrogen) atoms. The maximum absolute atomic E-state index is 11.9. The van der Waals surface area contributed by atoms with Crippen LogP contribution in [0, 0.1) is 5.92 Å². The molecule has 0 radical (unpaired) electrons. The van der Waals surface area contributed by atoms with Crippen molar-refractivity contribution in [3.63, 3.8) is 0 Å². The molecule has 100 valence electrons. The van der Waals surface area contributed by atoms with E-state index in [1.54, 1.807) is 0 Å². The van der Waals surface area contributed by atoms with Crippen molar-refractivity contribution in [3.8, 4) is 0 Å². The number of ether oxygens (including phenoxy) is 1. The summed E-state index contributed by atoms with van der Waals surface area (Å²) in [6.07, 6.45) is 2.37. The van der Waals surface area contributed by atoms with Gasteiger partial charge in [-0.15, -0.1) is 0 Å². The lowest BCUT2D eigenvalue weighted by molar-refractivity contribution is -0.139. The third-order valence-corrected chi connectivity index (χ3v) is 4.96. The number of methoxy groups -OCH3 is 1. The summed E-state index contributed by atoms with van der Waals surface area (Å²) in [5, 5.41) is 7.87. The predicted octanol–water partition coefficient (Wildman–Crippen LogP) is -0.372. The zero-order valence-corrected chi connectivity index (χ0v) is 10.9. The molecule has 0 aromatic rings. The summed E-state index contributed by atoms with van der Waals surface area (Å²) < 4.78 is 30.6. The molecule has 1 aliphatic rings. The van der Waals surface area contributed by atoms with E-state index in [0.717, 1.165) is 20.0 Å². The molecule has 6 nitrogen and oxygen atoms in total. The van der Waals surface area contributed by atoms with Gasteiger partial charge in [-0.3, -0.25) is 4.79 Å². The quantitative estimate of drug-likeness (QED) is 0.662. The summed E-state index contributed by atoms with van der Waals surface area (Å²) >= 11 is 0. The van der Waals surface area contributed by atoms with E-state index in [1.807, 2.05) is 0 Å². The molecule has 0 amide bonds. The number of aliphatic hydroxyl groups is 1. The summed E-state index contributed by atoms with van der Waals surface area (Å²) in [5.41, 5.74) is 0. The van der Waals surface area contributed by atoms with Gasteiger partial charge in [0.05, 0.1) is 7.11 Å². The number of rotatable bonds is 5. The van der Waals surface area contributed by atoms with Crippen LogP contribution in [0.3, 0.4) is 0 Å². The van der Waals surface area contributed by atoms with Crippen molar-refractivity contribution in [2.24, 2.45) is 5.92 Å². The number of carbonyl (C=O) groups is 1. The van der Waals surface area contributed by atoms with Crippen LogP contribution in [0.1, 0.15) is 26.2 Å². The van der Waals surface area contributed by atoms with E-state index < -0.39 is 21.2 Å². The van der Waals surface area contributed by atoms with E-state index in [2.05, 4.69) is 9.46 Å². The minimum absolute atomic E-state index is 0.0419. The lowest BCUT2D eigenvalue weighted by Crippen LogP contribution is -2.45. The molecule has 0 spiro atoms. The molecule has 3 unspecified atom stereocenters. The first-order chi connectivity index (χ1) is 7.92. The fraction of sp³-hybridized carbons (Fsp3) is 0.900. The van der Waals surface area contributed by atoms with E-state index in [9.17, 15) is 13.2 Å². The number of esters is 1. The smallest absolute Gasteiger partial charge is 0.325 e. The van der Waals surface area contributed by atoms with Crippen LogP contribution in [0.5, 0.6) is 0 Å². The first kappa shape index (κ1) is 14.4. The molecule has 2 N–H and O–H groups in total. The number of carbonyl (C=O) groups excluding carboxylic acids is 1. The Bertz CT molecular complexity index is 367. The van der Waals surface area contributed by atoms with Gasteiger partial charge in [-0.25, -0.2) is 13.1 Å². The topological polar surface area (TPSA) is 92.7 Å². The molecule has 1 saturated carbocycles. The maximum atomic E-state index is 11.9. The van der Waals surface area contributed by atoms with E-state index >= 15 is 0 Å². The molecule has 0 heterocycles. The molecule has 0 saturated heterocycles.